The summed E-state index contributed by atoms with van der Waals surface area (Å²) in [6.45, 7) is 2.74. The summed E-state index contributed by atoms with van der Waals surface area (Å²) in [6, 6.07) is 7.01. The highest BCUT2D eigenvalue weighted by molar-refractivity contribution is 5.68. The van der Waals surface area contributed by atoms with Gasteiger partial charge in [-0.15, -0.1) is 0 Å². The lowest BCUT2D eigenvalue weighted by Crippen LogP contribution is -2.30. The second kappa shape index (κ2) is 3.84. The van der Waals surface area contributed by atoms with E-state index in [0.29, 0.717) is 0 Å². The summed E-state index contributed by atoms with van der Waals surface area (Å²) < 4.78 is 13.1. The number of halogens is 1. The first-order valence-electron chi connectivity index (χ1n) is 5.73. The molecule has 0 atom stereocenters. The van der Waals surface area contributed by atoms with Crippen molar-refractivity contribution in [2.45, 2.75) is 13.3 Å². The number of aromatic nitrogens is 1. The lowest BCUT2D eigenvalue weighted by molar-refractivity contribution is 0.626. The van der Waals surface area contributed by atoms with Crippen LogP contribution in [-0.4, -0.2) is 11.5 Å². The van der Waals surface area contributed by atoms with Crippen LogP contribution in [0.3, 0.4) is 0 Å². The van der Waals surface area contributed by atoms with Crippen molar-refractivity contribution in [3.8, 4) is 0 Å². The van der Waals surface area contributed by atoms with E-state index in [1.165, 1.54) is 11.6 Å². The van der Waals surface area contributed by atoms with Gasteiger partial charge in [0, 0.05) is 18.0 Å². The smallest absolute Gasteiger partial charge is 0.132 e. The maximum Gasteiger partial charge on any atom is 0.132 e. The van der Waals surface area contributed by atoms with E-state index in [0.717, 1.165) is 34.8 Å². The first-order chi connectivity index (χ1) is 8.25. The number of aryl methyl sites for hydroxylation is 1. The number of hydrogen-bond acceptors (Lipinski definition) is 1. The number of H-pyrrole nitrogens is 1. The van der Waals surface area contributed by atoms with E-state index in [2.05, 4.69) is 9.98 Å². The lowest BCUT2D eigenvalue weighted by atomic mass is 9.96. The van der Waals surface area contributed by atoms with Gasteiger partial charge in [-0.1, -0.05) is 6.07 Å². The van der Waals surface area contributed by atoms with Crippen molar-refractivity contribution in [2.24, 2.45) is 4.99 Å². The number of fused-ring (bicyclic) bond motifs is 1. The van der Waals surface area contributed by atoms with E-state index >= 15 is 0 Å². The zero-order valence-electron chi connectivity index (χ0n) is 9.63. The van der Waals surface area contributed by atoms with Crippen LogP contribution in [0, 0.1) is 12.7 Å². The van der Waals surface area contributed by atoms with E-state index in [-0.39, 0.29) is 5.82 Å². The summed E-state index contributed by atoms with van der Waals surface area (Å²) in [5.74, 6) is -0.179. The van der Waals surface area contributed by atoms with Gasteiger partial charge < -0.3 is 4.98 Å². The topological polar surface area (TPSA) is 28.1 Å². The van der Waals surface area contributed by atoms with Crippen molar-refractivity contribution in [1.29, 1.82) is 0 Å². The molecular weight excluding hydrogens is 215 g/mol. The molecule has 3 heteroatoms. The van der Waals surface area contributed by atoms with Gasteiger partial charge in [0.2, 0.25) is 0 Å². The summed E-state index contributed by atoms with van der Waals surface area (Å²) in [5, 5.41) is 1.14. The van der Waals surface area contributed by atoms with Crippen LogP contribution in [0.2, 0.25) is 0 Å². The Morgan fingerprint density at radius 3 is 3.00 bits per heavy atom. The van der Waals surface area contributed by atoms with Gasteiger partial charge in [0.1, 0.15) is 11.3 Å². The Hall–Kier alpha value is -1.90. The summed E-state index contributed by atoms with van der Waals surface area (Å²) >= 11 is 0. The maximum absolute atomic E-state index is 13.1. The minimum atomic E-state index is -0.179. The largest absolute Gasteiger partial charge is 0.346 e. The number of hydrogen-bond donors (Lipinski definition) is 1. The Labute approximate surface area is 98.5 Å². The molecule has 0 amide bonds. The fourth-order valence-electron chi connectivity index (χ4n) is 2.39. The van der Waals surface area contributed by atoms with E-state index < -0.39 is 0 Å². The molecule has 1 aromatic heterocycles. The molecule has 2 nitrogen and oxygen atoms in total. The maximum atomic E-state index is 13.1. The Bertz CT molecular complexity index is 682. The molecule has 0 bridgehead atoms. The molecule has 0 saturated carbocycles. The van der Waals surface area contributed by atoms with Gasteiger partial charge in [-0.3, -0.25) is 4.99 Å². The number of aromatic amines is 1. The molecular formula is C14H13FN2. The molecule has 0 unspecified atom stereocenters. The molecule has 1 aliphatic heterocycles. The average molecular weight is 228 g/mol. The van der Waals surface area contributed by atoms with Crippen molar-refractivity contribution < 1.29 is 4.39 Å². The molecule has 1 N–H and O–H groups in total. The highest BCUT2D eigenvalue weighted by atomic mass is 19.1. The lowest BCUT2D eigenvalue weighted by Gasteiger charge is -2.12. The molecule has 1 aliphatic rings. The van der Waals surface area contributed by atoms with Crippen LogP contribution in [-0.2, 0) is 0 Å². The SMILES string of the molecule is Cc1cc(F)ccc1C1=c2cc[nH]c2=NCC1. The molecule has 0 radical (unpaired) electrons. The van der Waals surface area contributed by atoms with Crippen molar-refractivity contribution in [3.05, 3.63) is 58.1 Å². The van der Waals surface area contributed by atoms with E-state index in [1.807, 2.05) is 25.3 Å². The van der Waals surface area contributed by atoms with Crippen molar-refractivity contribution >= 4 is 5.57 Å². The predicted molar refractivity (Wildman–Crippen MR) is 64.7 cm³/mol. The molecule has 0 spiro atoms. The molecule has 3 rings (SSSR count). The molecule has 86 valence electrons. The van der Waals surface area contributed by atoms with Gasteiger partial charge in [-0.05, 0) is 48.2 Å². The van der Waals surface area contributed by atoms with Crippen LogP contribution < -0.4 is 10.7 Å². The Morgan fingerprint density at radius 2 is 2.18 bits per heavy atom. The number of nitrogens with one attached hydrogen (secondary N) is 1. The van der Waals surface area contributed by atoms with Crippen LogP contribution in [0.25, 0.3) is 5.57 Å². The number of benzene rings is 1. The van der Waals surface area contributed by atoms with Crippen molar-refractivity contribution in [1.82, 2.24) is 4.98 Å². The molecule has 2 heterocycles. The fourth-order valence-corrected chi connectivity index (χ4v) is 2.39. The van der Waals surface area contributed by atoms with Gasteiger partial charge in [0.05, 0.1) is 0 Å². The number of nitrogens with zero attached hydrogens (tertiary/aromatic N) is 1. The molecule has 1 aromatic carbocycles. The van der Waals surface area contributed by atoms with Gasteiger partial charge in [-0.2, -0.15) is 0 Å². The third-order valence-corrected chi connectivity index (χ3v) is 3.20. The summed E-state index contributed by atoms with van der Waals surface area (Å²) in [4.78, 5) is 7.55. The highest BCUT2D eigenvalue weighted by Gasteiger charge is 2.11. The zero-order chi connectivity index (χ0) is 11.8. The number of rotatable bonds is 1. The standard InChI is InChI=1S/C14H13FN2/c1-9-8-10(15)2-3-11(9)12-4-6-16-14-13(12)5-7-17-14/h2-3,5,7-8H,4,6H2,1H3,(H,16,17). The van der Waals surface area contributed by atoms with Crippen LogP contribution in [0.15, 0.2) is 35.5 Å². The Kier molecular flexibility index (Phi) is 2.32. The van der Waals surface area contributed by atoms with Crippen LogP contribution in [0.5, 0.6) is 0 Å². The monoisotopic (exact) mass is 228 g/mol. The highest BCUT2D eigenvalue weighted by Crippen LogP contribution is 2.20. The average Bonchev–Trinajstić information content (AvgIpc) is 2.77. The van der Waals surface area contributed by atoms with Crippen LogP contribution in [0.4, 0.5) is 4.39 Å². The summed E-state index contributed by atoms with van der Waals surface area (Å²) in [5.41, 5.74) is 4.31. The molecule has 0 fully saturated rings. The van der Waals surface area contributed by atoms with Gasteiger partial charge >= 0.3 is 0 Å². The second-order valence-corrected chi connectivity index (χ2v) is 4.31. The first-order valence-corrected chi connectivity index (χ1v) is 5.73. The quantitative estimate of drug-likeness (QED) is 0.769. The minimum absolute atomic E-state index is 0.179. The third kappa shape index (κ3) is 1.68. The first kappa shape index (κ1) is 10.3. The zero-order valence-corrected chi connectivity index (χ0v) is 9.63. The van der Waals surface area contributed by atoms with E-state index in [1.54, 1.807) is 6.07 Å². The Morgan fingerprint density at radius 1 is 1.29 bits per heavy atom. The molecule has 0 aliphatic carbocycles. The predicted octanol–water partition coefficient (Wildman–Crippen LogP) is 1.68. The van der Waals surface area contributed by atoms with Crippen molar-refractivity contribution in [2.75, 3.05) is 6.54 Å². The van der Waals surface area contributed by atoms with Crippen molar-refractivity contribution in [3.63, 3.8) is 0 Å². The van der Waals surface area contributed by atoms with E-state index in [9.17, 15) is 4.39 Å². The second-order valence-electron chi connectivity index (χ2n) is 4.31. The third-order valence-electron chi connectivity index (χ3n) is 3.20. The van der Waals surface area contributed by atoms with Crippen LogP contribution in [0.1, 0.15) is 17.5 Å². The fraction of sp³-hybridized carbons (Fsp3) is 0.214. The normalized spacial score (nSPS) is 14.4. The van der Waals surface area contributed by atoms with Gasteiger partial charge in [0.25, 0.3) is 0 Å². The van der Waals surface area contributed by atoms with Gasteiger partial charge in [0.15, 0.2) is 0 Å². The summed E-state index contributed by atoms with van der Waals surface area (Å²) in [7, 11) is 0. The summed E-state index contributed by atoms with van der Waals surface area (Å²) in [6.07, 6.45) is 2.82. The van der Waals surface area contributed by atoms with Crippen LogP contribution >= 0.6 is 0 Å². The van der Waals surface area contributed by atoms with Gasteiger partial charge in [-0.25, -0.2) is 4.39 Å². The van der Waals surface area contributed by atoms with E-state index in [4.69, 9.17) is 0 Å². The molecule has 0 saturated heterocycles. The Balaban J connectivity index is 2.31. The minimum Gasteiger partial charge on any atom is -0.346 e. The molecule has 17 heavy (non-hydrogen) atoms. The molecule has 2 aromatic rings.